The van der Waals surface area contributed by atoms with Crippen molar-refractivity contribution in [1.82, 2.24) is 0 Å². The largest absolute Gasteiger partial charge is 0.468 e. The Morgan fingerprint density at radius 1 is 1.00 bits per heavy atom. The first kappa shape index (κ1) is 16.6. The van der Waals surface area contributed by atoms with E-state index in [1.165, 1.54) is 14.2 Å². The minimum absolute atomic E-state index is 0.0675. The van der Waals surface area contributed by atoms with E-state index in [2.05, 4.69) is 0 Å². The average molecular weight is 348 g/mol. The maximum Gasteiger partial charge on any atom is 0.320 e. The summed E-state index contributed by atoms with van der Waals surface area (Å²) in [6, 6.07) is 15.9. The van der Waals surface area contributed by atoms with Gasteiger partial charge >= 0.3 is 11.9 Å². The highest BCUT2D eigenvalue weighted by atomic mass is 16.5. The first-order valence-electron chi connectivity index (χ1n) is 8.66. The Kier molecular flexibility index (Phi) is 3.91. The number of benzene rings is 2. The molecule has 0 aromatic heterocycles. The molecule has 2 aromatic carbocycles. The standard InChI is InChI=1S/C22H20O4/c1-25-20(23)17-11-12-22(21(24)26-2)18(14-7-4-3-5-8-14)13-15-9-6-10-16(17)19(15)22/h3-12,17-18H,13H2,1-2H3/t17-,18-,22-/m0/s1. The molecule has 3 atom stereocenters. The third-order valence-electron chi connectivity index (χ3n) is 5.64. The molecule has 2 aromatic rings. The van der Waals surface area contributed by atoms with Crippen molar-refractivity contribution in [1.29, 1.82) is 0 Å². The van der Waals surface area contributed by atoms with Crippen molar-refractivity contribution in [3.63, 3.8) is 0 Å². The predicted octanol–water partition coefficient (Wildman–Crippen LogP) is 3.26. The number of methoxy groups -OCH3 is 2. The van der Waals surface area contributed by atoms with Gasteiger partial charge in [0.25, 0.3) is 0 Å². The van der Waals surface area contributed by atoms with Crippen LogP contribution in [0.3, 0.4) is 0 Å². The van der Waals surface area contributed by atoms with Gasteiger partial charge in [0.1, 0.15) is 11.3 Å². The minimum atomic E-state index is -0.910. The van der Waals surface area contributed by atoms with Crippen molar-refractivity contribution in [3.05, 3.63) is 82.9 Å². The van der Waals surface area contributed by atoms with Crippen molar-refractivity contribution < 1.29 is 19.1 Å². The lowest BCUT2D eigenvalue weighted by molar-refractivity contribution is -0.147. The molecule has 132 valence electrons. The van der Waals surface area contributed by atoms with Crippen LogP contribution >= 0.6 is 0 Å². The number of esters is 2. The van der Waals surface area contributed by atoms with Crippen molar-refractivity contribution in [2.75, 3.05) is 14.2 Å². The molecule has 0 radical (unpaired) electrons. The highest BCUT2D eigenvalue weighted by molar-refractivity contribution is 5.93. The molecule has 0 saturated carbocycles. The quantitative estimate of drug-likeness (QED) is 0.631. The summed E-state index contributed by atoms with van der Waals surface area (Å²) in [4.78, 5) is 25.3. The van der Waals surface area contributed by atoms with Crippen LogP contribution in [0, 0.1) is 0 Å². The first-order chi connectivity index (χ1) is 12.6. The molecule has 0 N–H and O–H groups in total. The van der Waals surface area contributed by atoms with E-state index < -0.39 is 11.3 Å². The Morgan fingerprint density at radius 2 is 1.77 bits per heavy atom. The van der Waals surface area contributed by atoms with Crippen LogP contribution in [0.1, 0.15) is 34.1 Å². The molecule has 4 rings (SSSR count). The van der Waals surface area contributed by atoms with Crippen LogP contribution in [-0.2, 0) is 30.9 Å². The molecule has 4 heteroatoms. The summed E-state index contributed by atoms with van der Waals surface area (Å²) in [6.07, 6.45) is 4.37. The SMILES string of the molecule is COC(=O)[C@H]1C=C[C@@]2(C(=O)OC)c3c(cccc31)C[C@H]2c1ccccc1. The molecule has 2 aliphatic rings. The second-order valence-electron chi connectivity index (χ2n) is 6.77. The maximum atomic E-state index is 13.1. The topological polar surface area (TPSA) is 52.6 Å². The van der Waals surface area contributed by atoms with Gasteiger partial charge in [-0.1, -0.05) is 60.7 Å². The van der Waals surface area contributed by atoms with E-state index in [4.69, 9.17) is 9.47 Å². The molecule has 0 fully saturated rings. The van der Waals surface area contributed by atoms with Gasteiger partial charge in [-0.3, -0.25) is 9.59 Å². The number of hydrogen-bond donors (Lipinski definition) is 0. The lowest BCUT2D eigenvalue weighted by Gasteiger charge is -2.36. The van der Waals surface area contributed by atoms with Gasteiger partial charge in [-0.2, -0.15) is 0 Å². The normalized spacial score (nSPS) is 25.5. The van der Waals surface area contributed by atoms with E-state index in [1.807, 2.05) is 54.6 Å². The van der Waals surface area contributed by atoms with Gasteiger partial charge in [0, 0.05) is 5.92 Å². The van der Waals surface area contributed by atoms with Crippen LogP contribution in [0.2, 0.25) is 0 Å². The van der Waals surface area contributed by atoms with Crippen LogP contribution in [0.25, 0.3) is 0 Å². The zero-order valence-corrected chi connectivity index (χ0v) is 14.8. The third kappa shape index (κ3) is 2.15. The van der Waals surface area contributed by atoms with E-state index in [0.29, 0.717) is 0 Å². The fourth-order valence-electron chi connectivity index (χ4n) is 4.54. The van der Waals surface area contributed by atoms with Gasteiger partial charge in [0.2, 0.25) is 0 Å². The molecular weight excluding hydrogens is 328 g/mol. The van der Waals surface area contributed by atoms with E-state index in [1.54, 1.807) is 6.08 Å². The van der Waals surface area contributed by atoms with E-state index in [9.17, 15) is 9.59 Å². The Balaban J connectivity index is 1.97. The van der Waals surface area contributed by atoms with Gasteiger partial charge in [-0.15, -0.1) is 0 Å². The molecule has 4 nitrogen and oxygen atoms in total. The molecule has 0 aliphatic heterocycles. The van der Waals surface area contributed by atoms with Gasteiger partial charge in [0.15, 0.2) is 0 Å². The van der Waals surface area contributed by atoms with Crippen LogP contribution in [0.15, 0.2) is 60.7 Å². The number of carbonyl (C=O) groups excluding carboxylic acids is 2. The molecule has 0 spiro atoms. The van der Waals surface area contributed by atoms with Crippen molar-refractivity contribution in [3.8, 4) is 0 Å². The predicted molar refractivity (Wildman–Crippen MR) is 96.9 cm³/mol. The van der Waals surface area contributed by atoms with Crippen molar-refractivity contribution in [2.24, 2.45) is 0 Å². The van der Waals surface area contributed by atoms with Crippen LogP contribution in [0.4, 0.5) is 0 Å². The number of hydrogen-bond acceptors (Lipinski definition) is 4. The van der Waals surface area contributed by atoms with Gasteiger partial charge < -0.3 is 9.47 Å². The van der Waals surface area contributed by atoms with Crippen LogP contribution < -0.4 is 0 Å². The highest BCUT2D eigenvalue weighted by Gasteiger charge is 2.55. The fraction of sp³-hybridized carbons (Fsp3) is 0.273. The molecule has 2 aliphatic carbocycles. The zero-order valence-electron chi connectivity index (χ0n) is 14.8. The lowest BCUT2D eigenvalue weighted by Crippen LogP contribution is -2.41. The van der Waals surface area contributed by atoms with E-state index >= 15 is 0 Å². The van der Waals surface area contributed by atoms with Crippen molar-refractivity contribution >= 4 is 11.9 Å². The summed E-state index contributed by atoms with van der Waals surface area (Å²) in [5, 5.41) is 0. The lowest BCUT2D eigenvalue weighted by atomic mass is 9.66. The number of ether oxygens (including phenoxy) is 2. The molecule has 26 heavy (non-hydrogen) atoms. The summed E-state index contributed by atoms with van der Waals surface area (Å²) in [5.74, 6) is -1.18. The number of rotatable bonds is 3. The monoisotopic (exact) mass is 348 g/mol. The zero-order chi connectivity index (χ0) is 18.3. The molecular formula is C22H20O4. The summed E-state index contributed by atoms with van der Waals surface area (Å²) >= 11 is 0. The first-order valence-corrected chi connectivity index (χ1v) is 8.66. The third-order valence-corrected chi connectivity index (χ3v) is 5.64. The molecule has 0 amide bonds. The Morgan fingerprint density at radius 3 is 2.46 bits per heavy atom. The minimum Gasteiger partial charge on any atom is -0.468 e. The molecule has 0 bridgehead atoms. The van der Waals surface area contributed by atoms with Crippen molar-refractivity contribution in [2.45, 2.75) is 23.7 Å². The average Bonchev–Trinajstić information content (AvgIpc) is 3.05. The fourth-order valence-corrected chi connectivity index (χ4v) is 4.54. The summed E-state index contributed by atoms with van der Waals surface area (Å²) < 4.78 is 10.2. The van der Waals surface area contributed by atoms with E-state index in [0.717, 1.165) is 28.7 Å². The highest BCUT2D eigenvalue weighted by Crippen LogP contribution is 2.55. The molecule has 0 unspecified atom stereocenters. The Bertz CT molecular complexity index is 900. The van der Waals surface area contributed by atoms with Crippen LogP contribution in [0.5, 0.6) is 0 Å². The Hall–Kier alpha value is -2.88. The van der Waals surface area contributed by atoms with E-state index in [-0.39, 0.29) is 17.9 Å². The summed E-state index contributed by atoms with van der Waals surface area (Å²) in [6.45, 7) is 0. The number of carbonyl (C=O) groups is 2. The smallest absolute Gasteiger partial charge is 0.320 e. The molecule has 0 saturated heterocycles. The second-order valence-corrected chi connectivity index (χ2v) is 6.77. The van der Waals surface area contributed by atoms with Gasteiger partial charge in [-0.25, -0.2) is 0 Å². The van der Waals surface area contributed by atoms with Crippen LogP contribution in [-0.4, -0.2) is 26.2 Å². The van der Waals surface area contributed by atoms with Gasteiger partial charge in [0.05, 0.1) is 14.2 Å². The maximum absolute atomic E-state index is 13.1. The second kappa shape index (κ2) is 6.13. The summed E-state index contributed by atoms with van der Waals surface area (Å²) in [7, 11) is 2.80. The van der Waals surface area contributed by atoms with Gasteiger partial charge in [-0.05, 0) is 28.7 Å². The Labute approximate surface area is 152 Å². The molecule has 0 heterocycles. The summed E-state index contributed by atoms with van der Waals surface area (Å²) in [5.41, 5.74) is 2.99.